The second-order valence-corrected chi connectivity index (χ2v) is 6.38. The van der Waals surface area contributed by atoms with E-state index in [-0.39, 0.29) is 11.8 Å². The minimum Gasteiger partial charge on any atom is -0.336 e. The fourth-order valence-electron chi connectivity index (χ4n) is 2.94. The predicted molar refractivity (Wildman–Crippen MR) is 99.0 cm³/mol. The van der Waals surface area contributed by atoms with Crippen molar-refractivity contribution in [1.82, 2.24) is 9.80 Å². The maximum absolute atomic E-state index is 12.7. The van der Waals surface area contributed by atoms with E-state index in [1.165, 1.54) is 0 Å². The van der Waals surface area contributed by atoms with Crippen molar-refractivity contribution in [2.75, 3.05) is 45.2 Å². The summed E-state index contributed by atoms with van der Waals surface area (Å²) < 4.78 is 0. The molecule has 1 aliphatic heterocycles. The first kappa shape index (κ1) is 17.2. The van der Waals surface area contributed by atoms with Crippen molar-refractivity contribution in [3.8, 4) is 0 Å². The van der Waals surface area contributed by atoms with Gasteiger partial charge in [-0.1, -0.05) is 24.3 Å². The fraction of sp³-hybridized carbons (Fsp3) is 0.300. The Balaban J connectivity index is 1.77. The SMILES string of the molecule is CN1CCN(C(=O)c2cccc(C(=O)N(C)c3ccccc3)c2)CC1. The lowest BCUT2D eigenvalue weighted by Crippen LogP contribution is -2.47. The van der Waals surface area contributed by atoms with E-state index < -0.39 is 0 Å². The fourth-order valence-corrected chi connectivity index (χ4v) is 2.94. The van der Waals surface area contributed by atoms with Crippen molar-refractivity contribution in [2.24, 2.45) is 0 Å². The van der Waals surface area contributed by atoms with Crippen LogP contribution in [0.15, 0.2) is 54.6 Å². The molecule has 0 spiro atoms. The summed E-state index contributed by atoms with van der Waals surface area (Å²) in [4.78, 5) is 31.1. The molecule has 1 saturated heterocycles. The molecule has 5 nitrogen and oxygen atoms in total. The minimum absolute atomic E-state index is 0.00915. The zero-order valence-electron chi connectivity index (χ0n) is 14.7. The van der Waals surface area contributed by atoms with Crippen LogP contribution in [0.5, 0.6) is 0 Å². The predicted octanol–water partition coefficient (Wildman–Crippen LogP) is 2.35. The number of likely N-dealkylation sites (N-methyl/N-ethyl adjacent to an activating group) is 1. The van der Waals surface area contributed by atoms with Crippen LogP contribution in [0.1, 0.15) is 20.7 Å². The minimum atomic E-state index is -0.126. The Morgan fingerprint density at radius 1 is 0.880 bits per heavy atom. The zero-order valence-corrected chi connectivity index (χ0v) is 14.7. The lowest BCUT2D eigenvalue weighted by Gasteiger charge is -2.32. The molecule has 0 bridgehead atoms. The van der Waals surface area contributed by atoms with Gasteiger partial charge in [0.1, 0.15) is 0 Å². The summed E-state index contributed by atoms with van der Waals surface area (Å²) in [5.41, 5.74) is 1.91. The monoisotopic (exact) mass is 337 g/mol. The van der Waals surface area contributed by atoms with Gasteiger partial charge in [0.05, 0.1) is 0 Å². The molecule has 1 heterocycles. The summed E-state index contributed by atoms with van der Waals surface area (Å²) in [5, 5.41) is 0. The maximum Gasteiger partial charge on any atom is 0.258 e. The van der Waals surface area contributed by atoms with Gasteiger partial charge in [0.15, 0.2) is 0 Å². The topological polar surface area (TPSA) is 43.9 Å². The van der Waals surface area contributed by atoms with Gasteiger partial charge in [-0.25, -0.2) is 0 Å². The molecule has 0 N–H and O–H groups in total. The number of nitrogens with zero attached hydrogens (tertiary/aromatic N) is 3. The molecule has 5 heteroatoms. The molecule has 0 saturated carbocycles. The van der Waals surface area contributed by atoms with Crippen LogP contribution in [-0.4, -0.2) is 61.9 Å². The molecule has 3 rings (SSSR count). The molecule has 0 atom stereocenters. The van der Waals surface area contributed by atoms with Crippen molar-refractivity contribution in [2.45, 2.75) is 0 Å². The van der Waals surface area contributed by atoms with Gasteiger partial charge in [-0.05, 0) is 37.4 Å². The van der Waals surface area contributed by atoms with E-state index in [0.29, 0.717) is 11.1 Å². The third-order valence-electron chi connectivity index (χ3n) is 4.60. The van der Waals surface area contributed by atoms with Crippen molar-refractivity contribution in [3.05, 3.63) is 65.7 Å². The van der Waals surface area contributed by atoms with Gasteiger partial charge in [0, 0.05) is 50.0 Å². The summed E-state index contributed by atoms with van der Waals surface area (Å²) in [7, 11) is 3.80. The van der Waals surface area contributed by atoms with Crippen LogP contribution in [-0.2, 0) is 0 Å². The third-order valence-corrected chi connectivity index (χ3v) is 4.60. The van der Waals surface area contributed by atoms with Crippen molar-refractivity contribution < 1.29 is 9.59 Å². The number of piperazine rings is 1. The standard InChI is InChI=1S/C20H23N3O2/c1-21-11-13-23(14-12-21)20(25)17-8-6-7-16(15-17)19(24)22(2)18-9-4-3-5-10-18/h3-10,15H,11-14H2,1-2H3. The number of para-hydroxylation sites is 1. The van der Waals surface area contributed by atoms with E-state index in [9.17, 15) is 9.59 Å². The van der Waals surface area contributed by atoms with Gasteiger partial charge in [0.25, 0.3) is 11.8 Å². The second-order valence-electron chi connectivity index (χ2n) is 6.38. The Kier molecular flexibility index (Phi) is 5.14. The lowest BCUT2D eigenvalue weighted by atomic mass is 10.1. The zero-order chi connectivity index (χ0) is 17.8. The number of hydrogen-bond acceptors (Lipinski definition) is 3. The quantitative estimate of drug-likeness (QED) is 0.863. The number of anilines is 1. The highest BCUT2D eigenvalue weighted by Crippen LogP contribution is 2.17. The van der Waals surface area contributed by atoms with Crippen LogP contribution in [0.2, 0.25) is 0 Å². The number of carbonyl (C=O) groups excluding carboxylic acids is 2. The Labute approximate surface area is 148 Å². The second kappa shape index (κ2) is 7.49. The number of benzene rings is 2. The van der Waals surface area contributed by atoms with Gasteiger partial charge in [-0.15, -0.1) is 0 Å². The maximum atomic E-state index is 12.7. The van der Waals surface area contributed by atoms with E-state index in [4.69, 9.17) is 0 Å². The highest BCUT2D eigenvalue weighted by molar-refractivity contribution is 6.07. The molecule has 25 heavy (non-hydrogen) atoms. The molecule has 1 fully saturated rings. The number of amides is 2. The lowest BCUT2D eigenvalue weighted by molar-refractivity contribution is 0.0664. The summed E-state index contributed by atoms with van der Waals surface area (Å²) >= 11 is 0. The molecular weight excluding hydrogens is 314 g/mol. The third kappa shape index (κ3) is 3.88. The first-order valence-corrected chi connectivity index (χ1v) is 8.47. The Hall–Kier alpha value is -2.66. The van der Waals surface area contributed by atoms with Gasteiger partial charge >= 0.3 is 0 Å². The molecule has 0 aromatic heterocycles. The van der Waals surface area contributed by atoms with E-state index in [0.717, 1.165) is 31.9 Å². The smallest absolute Gasteiger partial charge is 0.258 e. The molecule has 2 aromatic rings. The number of rotatable bonds is 3. The van der Waals surface area contributed by atoms with E-state index in [2.05, 4.69) is 11.9 Å². The molecule has 2 amide bonds. The Morgan fingerprint density at radius 2 is 1.52 bits per heavy atom. The van der Waals surface area contributed by atoms with Crippen LogP contribution < -0.4 is 4.90 Å². The van der Waals surface area contributed by atoms with E-state index in [1.54, 1.807) is 36.2 Å². The van der Waals surface area contributed by atoms with Crippen molar-refractivity contribution in [3.63, 3.8) is 0 Å². The summed E-state index contributed by atoms with van der Waals surface area (Å²) in [6.45, 7) is 3.19. The van der Waals surface area contributed by atoms with E-state index in [1.807, 2.05) is 35.2 Å². The normalized spacial score (nSPS) is 15.0. The average Bonchev–Trinajstić information content (AvgIpc) is 2.67. The molecule has 0 radical (unpaired) electrons. The van der Waals surface area contributed by atoms with Gasteiger partial charge in [-0.2, -0.15) is 0 Å². The van der Waals surface area contributed by atoms with Gasteiger partial charge < -0.3 is 14.7 Å². The molecule has 1 aliphatic rings. The molecule has 2 aromatic carbocycles. The summed E-state index contributed by atoms with van der Waals surface area (Å²) in [5.74, 6) is -0.135. The van der Waals surface area contributed by atoms with Crippen LogP contribution in [0.3, 0.4) is 0 Å². The molecule has 0 unspecified atom stereocenters. The number of carbonyl (C=O) groups is 2. The summed E-state index contributed by atoms with van der Waals surface area (Å²) in [6, 6.07) is 16.5. The Bertz CT molecular complexity index is 753. The Morgan fingerprint density at radius 3 is 2.20 bits per heavy atom. The molecule has 130 valence electrons. The number of hydrogen-bond donors (Lipinski definition) is 0. The molecular formula is C20H23N3O2. The van der Waals surface area contributed by atoms with Crippen LogP contribution in [0, 0.1) is 0 Å². The van der Waals surface area contributed by atoms with Crippen LogP contribution >= 0.6 is 0 Å². The highest BCUT2D eigenvalue weighted by atomic mass is 16.2. The van der Waals surface area contributed by atoms with Crippen molar-refractivity contribution >= 4 is 17.5 Å². The van der Waals surface area contributed by atoms with Crippen LogP contribution in [0.25, 0.3) is 0 Å². The first-order valence-electron chi connectivity index (χ1n) is 8.47. The van der Waals surface area contributed by atoms with Crippen molar-refractivity contribution in [1.29, 1.82) is 0 Å². The van der Waals surface area contributed by atoms with Gasteiger partial charge in [0.2, 0.25) is 0 Å². The largest absolute Gasteiger partial charge is 0.336 e. The summed E-state index contributed by atoms with van der Waals surface area (Å²) in [6.07, 6.45) is 0. The van der Waals surface area contributed by atoms with Gasteiger partial charge in [-0.3, -0.25) is 9.59 Å². The average molecular weight is 337 g/mol. The first-order chi connectivity index (χ1) is 12.1. The van der Waals surface area contributed by atoms with E-state index >= 15 is 0 Å². The molecule has 0 aliphatic carbocycles. The highest BCUT2D eigenvalue weighted by Gasteiger charge is 2.21. The van der Waals surface area contributed by atoms with Crippen LogP contribution in [0.4, 0.5) is 5.69 Å².